The first-order valence-corrected chi connectivity index (χ1v) is 7.12. The Morgan fingerprint density at radius 3 is 2.89 bits per heavy atom. The van der Waals surface area contributed by atoms with Crippen molar-refractivity contribution in [3.8, 4) is 0 Å². The molecule has 0 aromatic heterocycles. The highest BCUT2D eigenvalue weighted by atomic mass is 35.5. The van der Waals surface area contributed by atoms with Crippen molar-refractivity contribution in [3.63, 3.8) is 0 Å². The van der Waals surface area contributed by atoms with Crippen LogP contribution in [0.15, 0.2) is 18.2 Å². The molecule has 1 amide bonds. The Labute approximate surface area is 119 Å². The molecule has 0 N–H and O–H groups in total. The average Bonchev–Trinajstić information content (AvgIpc) is 2.42. The van der Waals surface area contributed by atoms with Gasteiger partial charge in [0.2, 0.25) is 0 Å². The Morgan fingerprint density at radius 2 is 2.21 bits per heavy atom. The van der Waals surface area contributed by atoms with E-state index in [2.05, 4.69) is 0 Å². The van der Waals surface area contributed by atoms with Crippen LogP contribution in [0.5, 0.6) is 0 Å². The molecule has 3 nitrogen and oxygen atoms in total. The minimum absolute atomic E-state index is 0.0630. The van der Waals surface area contributed by atoms with Crippen LogP contribution < -0.4 is 0 Å². The number of hydrogen-bond acceptors (Lipinski definition) is 2. The van der Waals surface area contributed by atoms with Crippen molar-refractivity contribution >= 4 is 17.5 Å². The zero-order valence-electron chi connectivity index (χ0n) is 11.6. The number of nitrogens with zero attached hydrogens (tertiary/aromatic N) is 1. The summed E-state index contributed by atoms with van der Waals surface area (Å²) in [7, 11) is 0. The van der Waals surface area contributed by atoms with Gasteiger partial charge in [0.25, 0.3) is 5.91 Å². The molecule has 1 aromatic rings. The number of carbonyl (C=O) groups excluding carboxylic acids is 1. The molecule has 1 saturated heterocycles. The van der Waals surface area contributed by atoms with Gasteiger partial charge in [-0.1, -0.05) is 12.1 Å². The number of rotatable bonds is 2. The monoisotopic (exact) mass is 281 g/mol. The summed E-state index contributed by atoms with van der Waals surface area (Å²) in [6, 6.07) is 5.94. The quantitative estimate of drug-likeness (QED) is 0.780. The predicted molar refractivity (Wildman–Crippen MR) is 76.9 cm³/mol. The minimum Gasteiger partial charge on any atom is -0.373 e. The zero-order valence-corrected chi connectivity index (χ0v) is 12.4. The molecule has 0 aliphatic carbocycles. The molecule has 19 heavy (non-hydrogen) atoms. The lowest BCUT2D eigenvalue weighted by atomic mass is 10.0. The van der Waals surface area contributed by atoms with Gasteiger partial charge in [-0.3, -0.25) is 4.79 Å². The van der Waals surface area contributed by atoms with Gasteiger partial charge in [0.05, 0.1) is 24.6 Å². The summed E-state index contributed by atoms with van der Waals surface area (Å²) in [5.74, 6) is 0.496. The number of halogens is 1. The lowest BCUT2D eigenvalue weighted by Crippen LogP contribution is -2.51. The van der Waals surface area contributed by atoms with Gasteiger partial charge < -0.3 is 9.64 Å². The van der Waals surface area contributed by atoms with Gasteiger partial charge in [-0.15, -0.1) is 11.6 Å². The van der Waals surface area contributed by atoms with E-state index in [-0.39, 0.29) is 18.1 Å². The van der Waals surface area contributed by atoms with Crippen LogP contribution in [-0.2, 0) is 4.74 Å². The van der Waals surface area contributed by atoms with Gasteiger partial charge in [-0.05, 0) is 38.0 Å². The van der Waals surface area contributed by atoms with Crippen molar-refractivity contribution in [1.29, 1.82) is 0 Å². The molecular weight excluding hydrogens is 262 g/mol. The van der Waals surface area contributed by atoms with Gasteiger partial charge in [0.1, 0.15) is 0 Å². The van der Waals surface area contributed by atoms with E-state index < -0.39 is 0 Å². The van der Waals surface area contributed by atoms with Crippen LogP contribution in [0.3, 0.4) is 0 Å². The highest BCUT2D eigenvalue weighted by Gasteiger charge is 2.30. The Bertz CT molecular complexity index is 475. The van der Waals surface area contributed by atoms with E-state index in [9.17, 15) is 4.79 Å². The van der Waals surface area contributed by atoms with Gasteiger partial charge in [0, 0.05) is 12.1 Å². The predicted octanol–water partition coefficient (Wildman–Crippen LogP) is 2.77. The fraction of sp³-hybridized carbons (Fsp3) is 0.533. The molecule has 104 valence electrons. The highest BCUT2D eigenvalue weighted by Crippen LogP contribution is 2.20. The number of morpholine rings is 1. The SMILES string of the molecule is Cc1cccc(C(=O)N2CC(CCl)OCC2C)c1C. The van der Waals surface area contributed by atoms with E-state index in [1.807, 2.05) is 43.9 Å². The van der Waals surface area contributed by atoms with Gasteiger partial charge in [-0.25, -0.2) is 0 Å². The summed E-state index contributed by atoms with van der Waals surface area (Å²) < 4.78 is 5.58. The highest BCUT2D eigenvalue weighted by molar-refractivity contribution is 6.18. The molecule has 2 unspecified atom stereocenters. The normalized spacial score (nSPS) is 23.5. The largest absolute Gasteiger partial charge is 0.373 e. The molecule has 2 rings (SSSR count). The molecule has 1 heterocycles. The third-order valence-corrected chi connectivity index (χ3v) is 4.12. The van der Waals surface area contributed by atoms with E-state index in [1.54, 1.807) is 0 Å². The number of ether oxygens (including phenoxy) is 1. The van der Waals surface area contributed by atoms with E-state index in [4.69, 9.17) is 16.3 Å². The molecule has 4 heteroatoms. The molecule has 0 bridgehead atoms. The number of alkyl halides is 1. The summed E-state index contributed by atoms with van der Waals surface area (Å²) in [6.45, 7) is 7.14. The Kier molecular flexibility index (Phi) is 4.48. The molecular formula is C15H20ClNO2. The first kappa shape index (κ1) is 14.4. The van der Waals surface area contributed by atoms with Gasteiger partial charge >= 0.3 is 0 Å². The number of hydrogen-bond donors (Lipinski definition) is 0. The Hall–Kier alpha value is -1.06. The molecule has 1 aliphatic rings. The second kappa shape index (κ2) is 5.93. The van der Waals surface area contributed by atoms with E-state index in [1.165, 1.54) is 0 Å². The van der Waals surface area contributed by atoms with Crippen molar-refractivity contribution in [1.82, 2.24) is 4.90 Å². The topological polar surface area (TPSA) is 29.5 Å². The smallest absolute Gasteiger partial charge is 0.254 e. The van der Waals surface area contributed by atoms with Crippen LogP contribution >= 0.6 is 11.6 Å². The standard InChI is InChI=1S/C15H20ClNO2/c1-10-5-4-6-14(12(10)3)15(18)17-8-13(7-16)19-9-11(17)2/h4-6,11,13H,7-9H2,1-3H3. The van der Waals surface area contributed by atoms with Crippen molar-refractivity contribution < 1.29 is 9.53 Å². The second-order valence-electron chi connectivity index (χ2n) is 5.16. The van der Waals surface area contributed by atoms with Crippen LogP contribution in [0.4, 0.5) is 0 Å². The third-order valence-electron chi connectivity index (χ3n) is 3.77. The summed E-state index contributed by atoms with van der Waals surface area (Å²) in [4.78, 5) is 14.5. The molecule has 0 saturated carbocycles. The Morgan fingerprint density at radius 1 is 1.47 bits per heavy atom. The summed E-state index contributed by atoms with van der Waals surface area (Å²) >= 11 is 5.84. The van der Waals surface area contributed by atoms with Crippen molar-refractivity contribution in [3.05, 3.63) is 34.9 Å². The molecule has 2 atom stereocenters. The van der Waals surface area contributed by atoms with Crippen LogP contribution in [0.25, 0.3) is 0 Å². The third kappa shape index (κ3) is 2.93. The Balaban J connectivity index is 2.24. The van der Waals surface area contributed by atoms with Crippen molar-refractivity contribution in [2.45, 2.75) is 32.9 Å². The summed E-state index contributed by atoms with van der Waals surface area (Å²) in [6.07, 6.45) is -0.0630. The molecule has 1 fully saturated rings. The minimum atomic E-state index is -0.0630. The maximum Gasteiger partial charge on any atom is 0.254 e. The van der Waals surface area contributed by atoms with Crippen molar-refractivity contribution in [2.24, 2.45) is 0 Å². The summed E-state index contributed by atoms with van der Waals surface area (Å²) in [5, 5.41) is 0. The maximum absolute atomic E-state index is 12.7. The molecule has 0 radical (unpaired) electrons. The van der Waals surface area contributed by atoms with E-state index in [0.29, 0.717) is 19.0 Å². The fourth-order valence-corrected chi connectivity index (χ4v) is 2.52. The van der Waals surface area contributed by atoms with Crippen LogP contribution in [-0.4, -0.2) is 42.0 Å². The summed E-state index contributed by atoms with van der Waals surface area (Å²) in [5.41, 5.74) is 2.97. The van der Waals surface area contributed by atoms with Gasteiger partial charge in [0.15, 0.2) is 0 Å². The van der Waals surface area contributed by atoms with E-state index in [0.717, 1.165) is 16.7 Å². The van der Waals surface area contributed by atoms with Crippen LogP contribution in [0.2, 0.25) is 0 Å². The molecule has 1 aromatic carbocycles. The average molecular weight is 282 g/mol. The number of carbonyl (C=O) groups is 1. The lowest BCUT2D eigenvalue weighted by molar-refractivity contribution is -0.0372. The lowest BCUT2D eigenvalue weighted by Gasteiger charge is -2.37. The first-order chi connectivity index (χ1) is 9.04. The van der Waals surface area contributed by atoms with E-state index >= 15 is 0 Å². The van der Waals surface area contributed by atoms with Gasteiger partial charge in [-0.2, -0.15) is 0 Å². The first-order valence-electron chi connectivity index (χ1n) is 6.59. The number of benzene rings is 1. The fourth-order valence-electron chi connectivity index (χ4n) is 2.33. The molecule has 1 aliphatic heterocycles. The number of aryl methyl sites for hydroxylation is 1. The van der Waals surface area contributed by atoms with Crippen LogP contribution in [0, 0.1) is 13.8 Å². The van der Waals surface area contributed by atoms with Crippen LogP contribution in [0.1, 0.15) is 28.4 Å². The number of amides is 1. The maximum atomic E-state index is 12.7. The molecule has 0 spiro atoms. The zero-order chi connectivity index (χ0) is 14.0. The second-order valence-corrected chi connectivity index (χ2v) is 5.47. The van der Waals surface area contributed by atoms with Crippen molar-refractivity contribution in [2.75, 3.05) is 19.0 Å².